The van der Waals surface area contributed by atoms with Crippen LogP contribution in [0.5, 0.6) is 0 Å². The molecule has 1 atom stereocenters. The number of ether oxygens (including phenoxy) is 1. The van der Waals surface area contributed by atoms with Gasteiger partial charge in [0.2, 0.25) is 0 Å². The lowest BCUT2D eigenvalue weighted by Gasteiger charge is -2.23. The minimum Gasteiger partial charge on any atom is -0.466 e. The number of esters is 1. The number of hydrogen-bond acceptors (Lipinski definition) is 3. The van der Waals surface area contributed by atoms with Crippen LogP contribution in [0.2, 0.25) is 0 Å². The molecule has 0 aromatic heterocycles. The van der Waals surface area contributed by atoms with E-state index in [1.165, 1.54) is 7.11 Å². The van der Waals surface area contributed by atoms with Gasteiger partial charge in [-0.05, 0) is 13.3 Å². The zero-order valence-corrected chi connectivity index (χ0v) is 7.31. The molecule has 0 amide bonds. The van der Waals surface area contributed by atoms with Gasteiger partial charge in [-0.25, -0.2) is 4.79 Å². The van der Waals surface area contributed by atoms with Crippen LogP contribution in [0.3, 0.4) is 0 Å². The highest BCUT2D eigenvalue weighted by Gasteiger charge is 2.25. The van der Waals surface area contributed by atoms with Crippen molar-refractivity contribution in [1.29, 1.82) is 0 Å². The molecule has 11 heavy (non-hydrogen) atoms. The highest BCUT2D eigenvalue weighted by atomic mass is 16.5. The number of carbonyl (C=O) groups is 1. The molecule has 0 saturated heterocycles. The fourth-order valence-electron chi connectivity index (χ4n) is 0.570. The van der Waals surface area contributed by atoms with Gasteiger partial charge in [0.05, 0.1) is 7.11 Å². The molecule has 0 spiro atoms. The quantitative estimate of drug-likeness (QED) is 0.488. The first kappa shape index (κ1) is 10.2. The molecule has 3 nitrogen and oxygen atoms in total. The third-order valence-electron chi connectivity index (χ3n) is 1.86. The Morgan fingerprint density at radius 2 is 2.18 bits per heavy atom. The molecule has 0 aromatic carbocycles. The topological polar surface area (TPSA) is 52.3 Å². The SMILES string of the molecule is C=C(C(=O)OC)C(C)(N)CC. The van der Waals surface area contributed by atoms with Gasteiger partial charge in [-0.15, -0.1) is 0 Å². The average Bonchev–Trinajstić information content (AvgIpc) is 2.01. The van der Waals surface area contributed by atoms with Crippen LogP contribution in [-0.2, 0) is 9.53 Å². The molecule has 3 heteroatoms. The van der Waals surface area contributed by atoms with Crippen molar-refractivity contribution in [2.45, 2.75) is 25.8 Å². The Morgan fingerprint density at radius 3 is 2.45 bits per heavy atom. The summed E-state index contributed by atoms with van der Waals surface area (Å²) in [6.07, 6.45) is 0.668. The molecule has 0 rings (SSSR count). The van der Waals surface area contributed by atoms with Crippen molar-refractivity contribution in [2.24, 2.45) is 5.73 Å². The van der Waals surface area contributed by atoms with Crippen molar-refractivity contribution in [3.63, 3.8) is 0 Å². The Labute approximate surface area is 67.2 Å². The maximum Gasteiger partial charge on any atom is 0.334 e. The highest BCUT2D eigenvalue weighted by molar-refractivity contribution is 5.90. The van der Waals surface area contributed by atoms with Crippen LogP contribution in [-0.4, -0.2) is 18.6 Å². The molecule has 0 fully saturated rings. The number of rotatable bonds is 3. The van der Waals surface area contributed by atoms with Crippen LogP contribution in [0.4, 0.5) is 0 Å². The molecule has 0 aliphatic carbocycles. The number of carbonyl (C=O) groups excluding carboxylic acids is 1. The van der Waals surface area contributed by atoms with Crippen molar-refractivity contribution in [2.75, 3.05) is 7.11 Å². The van der Waals surface area contributed by atoms with E-state index in [1.54, 1.807) is 6.92 Å². The van der Waals surface area contributed by atoms with Crippen molar-refractivity contribution in [3.05, 3.63) is 12.2 Å². The average molecular weight is 157 g/mol. The first-order chi connectivity index (χ1) is 4.95. The van der Waals surface area contributed by atoms with Gasteiger partial charge in [0.1, 0.15) is 0 Å². The van der Waals surface area contributed by atoms with E-state index >= 15 is 0 Å². The summed E-state index contributed by atoms with van der Waals surface area (Å²) in [5.41, 5.74) is 5.41. The largest absolute Gasteiger partial charge is 0.466 e. The van der Waals surface area contributed by atoms with Crippen molar-refractivity contribution >= 4 is 5.97 Å². The summed E-state index contributed by atoms with van der Waals surface area (Å²) in [6, 6.07) is 0. The summed E-state index contributed by atoms with van der Waals surface area (Å²) >= 11 is 0. The van der Waals surface area contributed by atoms with Gasteiger partial charge < -0.3 is 10.5 Å². The smallest absolute Gasteiger partial charge is 0.334 e. The Kier molecular flexibility index (Phi) is 3.26. The fraction of sp³-hybridized carbons (Fsp3) is 0.625. The van der Waals surface area contributed by atoms with E-state index in [-0.39, 0.29) is 0 Å². The molecular weight excluding hydrogens is 142 g/mol. The van der Waals surface area contributed by atoms with E-state index in [0.717, 1.165) is 0 Å². The molecule has 0 saturated carbocycles. The van der Waals surface area contributed by atoms with Crippen LogP contribution in [0.25, 0.3) is 0 Å². The van der Waals surface area contributed by atoms with Crippen LogP contribution >= 0.6 is 0 Å². The summed E-state index contributed by atoms with van der Waals surface area (Å²) in [5.74, 6) is -0.433. The molecule has 2 N–H and O–H groups in total. The first-order valence-corrected chi connectivity index (χ1v) is 3.52. The van der Waals surface area contributed by atoms with Crippen molar-refractivity contribution in [1.82, 2.24) is 0 Å². The van der Waals surface area contributed by atoms with Gasteiger partial charge in [0.15, 0.2) is 0 Å². The van der Waals surface area contributed by atoms with Crippen LogP contribution in [0, 0.1) is 0 Å². The fourth-order valence-corrected chi connectivity index (χ4v) is 0.570. The predicted octanol–water partition coefficient (Wildman–Crippen LogP) is 0.843. The maximum atomic E-state index is 10.9. The van der Waals surface area contributed by atoms with E-state index in [9.17, 15) is 4.79 Å². The lowest BCUT2D eigenvalue weighted by molar-refractivity contribution is -0.136. The minimum absolute atomic E-state index is 0.322. The van der Waals surface area contributed by atoms with Crippen LogP contribution in [0.1, 0.15) is 20.3 Å². The number of nitrogens with two attached hydrogens (primary N) is 1. The zero-order valence-electron chi connectivity index (χ0n) is 7.31. The lowest BCUT2D eigenvalue weighted by atomic mass is 9.91. The molecule has 0 radical (unpaired) electrons. The number of hydrogen-bond donors (Lipinski definition) is 1. The molecular formula is C8H15NO2. The van der Waals surface area contributed by atoms with E-state index in [2.05, 4.69) is 11.3 Å². The standard InChI is InChI=1S/C8H15NO2/c1-5-8(3,9)6(2)7(10)11-4/h2,5,9H2,1,3-4H3. The van der Waals surface area contributed by atoms with E-state index in [4.69, 9.17) is 5.73 Å². The van der Waals surface area contributed by atoms with Gasteiger partial charge >= 0.3 is 5.97 Å². The maximum absolute atomic E-state index is 10.9. The zero-order chi connectivity index (χ0) is 9.07. The monoisotopic (exact) mass is 157 g/mol. The Bertz CT molecular complexity index is 173. The van der Waals surface area contributed by atoms with Gasteiger partial charge in [-0.3, -0.25) is 0 Å². The van der Waals surface area contributed by atoms with E-state index in [1.807, 2.05) is 6.92 Å². The Balaban J connectivity index is 4.36. The molecule has 0 aliphatic heterocycles. The predicted molar refractivity (Wildman–Crippen MR) is 44.0 cm³/mol. The summed E-state index contributed by atoms with van der Waals surface area (Å²) in [6.45, 7) is 7.22. The molecule has 64 valence electrons. The third-order valence-corrected chi connectivity index (χ3v) is 1.86. The summed E-state index contributed by atoms with van der Waals surface area (Å²) in [7, 11) is 1.32. The van der Waals surface area contributed by atoms with Crippen molar-refractivity contribution < 1.29 is 9.53 Å². The van der Waals surface area contributed by atoms with Crippen LogP contribution in [0.15, 0.2) is 12.2 Å². The molecule has 0 aromatic rings. The van der Waals surface area contributed by atoms with Crippen molar-refractivity contribution in [3.8, 4) is 0 Å². The van der Waals surface area contributed by atoms with E-state index < -0.39 is 11.5 Å². The second-order valence-corrected chi connectivity index (χ2v) is 2.74. The summed E-state index contributed by atoms with van der Waals surface area (Å²) in [5, 5.41) is 0. The van der Waals surface area contributed by atoms with E-state index in [0.29, 0.717) is 12.0 Å². The molecule has 1 unspecified atom stereocenters. The van der Waals surface area contributed by atoms with Crippen LogP contribution < -0.4 is 5.73 Å². The Hall–Kier alpha value is -0.830. The lowest BCUT2D eigenvalue weighted by Crippen LogP contribution is -2.40. The first-order valence-electron chi connectivity index (χ1n) is 3.52. The minimum atomic E-state index is -0.646. The van der Waals surface area contributed by atoms with Gasteiger partial charge in [-0.1, -0.05) is 13.5 Å². The molecule has 0 bridgehead atoms. The summed E-state index contributed by atoms with van der Waals surface area (Å²) < 4.78 is 4.48. The third kappa shape index (κ3) is 2.35. The summed E-state index contributed by atoms with van der Waals surface area (Å²) in [4.78, 5) is 10.9. The van der Waals surface area contributed by atoms with Gasteiger partial charge in [0.25, 0.3) is 0 Å². The molecule has 0 heterocycles. The normalized spacial score (nSPS) is 15.3. The Morgan fingerprint density at radius 1 is 1.73 bits per heavy atom. The van der Waals surface area contributed by atoms with Gasteiger partial charge in [0, 0.05) is 11.1 Å². The van der Waals surface area contributed by atoms with Gasteiger partial charge in [-0.2, -0.15) is 0 Å². The second kappa shape index (κ2) is 3.53. The second-order valence-electron chi connectivity index (χ2n) is 2.74. The highest BCUT2D eigenvalue weighted by Crippen LogP contribution is 2.15. The molecule has 0 aliphatic rings. The number of methoxy groups -OCH3 is 1.